The third kappa shape index (κ3) is 3.19. The van der Waals surface area contributed by atoms with E-state index < -0.39 is 0 Å². The lowest BCUT2D eigenvalue weighted by atomic mass is 10.2. The average molecular weight is 307 g/mol. The first-order valence-electron chi connectivity index (χ1n) is 7.24. The van der Waals surface area contributed by atoms with Crippen molar-refractivity contribution in [2.45, 2.75) is 39.0 Å². The van der Waals surface area contributed by atoms with Gasteiger partial charge in [0.15, 0.2) is 5.82 Å². The Morgan fingerprint density at radius 2 is 2.24 bits per heavy atom. The molecule has 0 fully saturated rings. The molecule has 0 aliphatic carbocycles. The molecule has 1 N–H and O–H groups in total. The fraction of sp³-hybridized carbons (Fsp3) is 0.467. The van der Waals surface area contributed by atoms with Crippen molar-refractivity contribution in [1.29, 1.82) is 0 Å². The molecule has 1 aromatic heterocycles. The highest BCUT2D eigenvalue weighted by molar-refractivity contribution is 6.30. The zero-order valence-electron chi connectivity index (χ0n) is 12.1. The predicted octanol–water partition coefficient (Wildman–Crippen LogP) is 2.57. The number of hydrogen-bond donors (Lipinski definition) is 1. The Kier molecular flexibility index (Phi) is 4.41. The molecule has 6 heteroatoms. The highest BCUT2D eigenvalue weighted by atomic mass is 35.5. The van der Waals surface area contributed by atoms with Gasteiger partial charge in [0.2, 0.25) is 0 Å². The number of halogens is 1. The van der Waals surface area contributed by atoms with Gasteiger partial charge in [0.1, 0.15) is 18.2 Å². The molecule has 21 heavy (non-hydrogen) atoms. The van der Waals surface area contributed by atoms with E-state index in [1.165, 1.54) is 12.8 Å². The SMILES string of the molecule is CNCc1cc(Cl)ccc1OCc1nnc2n1CCCC2. The van der Waals surface area contributed by atoms with Crippen molar-refractivity contribution in [3.8, 4) is 5.75 Å². The number of hydrogen-bond acceptors (Lipinski definition) is 4. The van der Waals surface area contributed by atoms with Gasteiger partial charge >= 0.3 is 0 Å². The molecule has 0 unspecified atom stereocenters. The molecule has 5 nitrogen and oxygen atoms in total. The van der Waals surface area contributed by atoms with Crippen LogP contribution in [0.4, 0.5) is 0 Å². The minimum Gasteiger partial charge on any atom is -0.485 e. The highest BCUT2D eigenvalue weighted by Gasteiger charge is 2.16. The van der Waals surface area contributed by atoms with Gasteiger partial charge in [0, 0.05) is 30.1 Å². The molecule has 0 amide bonds. The first-order valence-corrected chi connectivity index (χ1v) is 7.62. The van der Waals surface area contributed by atoms with E-state index in [1.807, 2.05) is 25.2 Å². The van der Waals surface area contributed by atoms with E-state index in [9.17, 15) is 0 Å². The van der Waals surface area contributed by atoms with Crippen LogP contribution in [0.2, 0.25) is 5.02 Å². The number of aryl methyl sites for hydroxylation is 1. The summed E-state index contributed by atoms with van der Waals surface area (Å²) in [5, 5.41) is 12.3. The third-order valence-electron chi connectivity index (χ3n) is 3.68. The maximum absolute atomic E-state index is 6.04. The van der Waals surface area contributed by atoms with Gasteiger partial charge in [0.25, 0.3) is 0 Å². The van der Waals surface area contributed by atoms with Crippen molar-refractivity contribution in [2.75, 3.05) is 7.05 Å². The van der Waals surface area contributed by atoms with Crippen molar-refractivity contribution >= 4 is 11.6 Å². The third-order valence-corrected chi connectivity index (χ3v) is 3.92. The van der Waals surface area contributed by atoms with Crippen molar-refractivity contribution < 1.29 is 4.74 Å². The highest BCUT2D eigenvalue weighted by Crippen LogP contribution is 2.24. The number of nitrogens with zero attached hydrogens (tertiary/aromatic N) is 3. The lowest BCUT2D eigenvalue weighted by molar-refractivity contribution is 0.283. The van der Waals surface area contributed by atoms with E-state index in [2.05, 4.69) is 20.1 Å². The summed E-state index contributed by atoms with van der Waals surface area (Å²) >= 11 is 6.04. The fourth-order valence-electron chi connectivity index (χ4n) is 2.63. The largest absolute Gasteiger partial charge is 0.485 e. The molecular formula is C15H19ClN4O. The zero-order valence-corrected chi connectivity index (χ0v) is 12.9. The molecule has 0 saturated heterocycles. The van der Waals surface area contributed by atoms with E-state index in [-0.39, 0.29) is 0 Å². The molecule has 1 aromatic carbocycles. The first-order chi connectivity index (χ1) is 10.3. The number of rotatable bonds is 5. The van der Waals surface area contributed by atoms with Crippen LogP contribution in [0.5, 0.6) is 5.75 Å². The van der Waals surface area contributed by atoms with Gasteiger partial charge in [-0.1, -0.05) is 11.6 Å². The second-order valence-corrected chi connectivity index (χ2v) is 5.65. The smallest absolute Gasteiger partial charge is 0.171 e. The molecule has 0 atom stereocenters. The molecule has 2 aromatic rings. The number of aromatic nitrogens is 3. The Bertz CT molecular complexity index is 626. The lowest BCUT2D eigenvalue weighted by Gasteiger charge is -2.16. The maximum atomic E-state index is 6.04. The van der Waals surface area contributed by atoms with Gasteiger partial charge in [0.05, 0.1) is 0 Å². The summed E-state index contributed by atoms with van der Waals surface area (Å²) in [7, 11) is 1.90. The Labute approximate surface area is 129 Å². The summed E-state index contributed by atoms with van der Waals surface area (Å²) in [5.74, 6) is 2.81. The van der Waals surface area contributed by atoms with Gasteiger partial charge in [-0.2, -0.15) is 0 Å². The lowest BCUT2D eigenvalue weighted by Crippen LogP contribution is -2.15. The van der Waals surface area contributed by atoms with Crippen molar-refractivity contribution in [3.63, 3.8) is 0 Å². The fourth-order valence-corrected chi connectivity index (χ4v) is 2.83. The zero-order chi connectivity index (χ0) is 14.7. The van der Waals surface area contributed by atoms with E-state index >= 15 is 0 Å². The molecule has 1 aliphatic heterocycles. The second-order valence-electron chi connectivity index (χ2n) is 5.21. The van der Waals surface area contributed by atoms with Crippen LogP contribution in [-0.2, 0) is 26.1 Å². The van der Waals surface area contributed by atoms with Crippen LogP contribution in [0.3, 0.4) is 0 Å². The van der Waals surface area contributed by atoms with Gasteiger partial charge in [-0.15, -0.1) is 10.2 Å². The number of nitrogens with one attached hydrogen (secondary N) is 1. The van der Waals surface area contributed by atoms with Gasteiger partial charge in [-0.05, 0) is 38.1 Å². The second kappa shape index (κ2) is 6.45. The normalized spacial score (nSPS) is 14.0. The predicted molar refractivity (Wildman–Crippen MR) is 81.5 cm³/mol. The average Bonchev–Trinajstić information content (AvgIpc) is 2.90. The van der Waals surface area contributed by atoms with Crippen molar-refractivity contribution in [3.05, 3.63) is 40.4 Å². The summed E-state index contributed by atoms with van der Waals surface area (Å²) in [6.07, 6.45) is 3.39. The molecule has 2 heterocycles. The molecular weight excluding hydrogens is 288 g/mol. The molecule has 0 bridgehead atoms. The summed E-state index contributed by atoms with van der Waals surface area (Å²) in [6.45, 7) is 2.14. The molecule has 112 valence electrons. The molecule has 3 rings (SSSR count). The molecule has 0 radical (unpaired) electrons. The van der Waals surface area contributed by atoms with E-state index in [0.29, 0.717) is 18.2 Å². The quantitative estimate of drug-likeness (QED) is 0.922. The molecule has 0 saturated carbocycles. The summed E-state index contributed by atoms with van der Waals surface area (Å²) < 4.78 is 8.11. The van der Waals surface area contributed by atoms with Crippen LogP contribution in [0.1, 0.15) is 30.1 Å². The van der Waals surface area contributed by atoms with Gasteiger partial charge in [-0.25, -0.2) is 0 Å². The van der Waals surface area contributed by atoms with Crippen molar-refractivity contribution in [2.24, 2.45) is 0 Å². The van der Waals surface area contributed by atoms with Gasteiger partial charge in [-0.3, -0.25) is 0 Å². The minimum atomic E-state index is 0.436. The van der Waals surface area contributed by atoms with E-state index in [4.69, 9.17) is 16.3 Å². The van der Waals surface area contributed by atoms with Crippen LogP contribution in [0.15, 0.2) is 18.2 Å². The van der Waals surface area contributed by atoms with Crippen LogP contribution in [0.25, 0.3) is 0 Å². The molecule has 0 spiro atoms. The number of ether oxygens (including phenoxy) is 1. The van der Waals surface area contributed by atoms with E-state index in [1.54, 1.807) is 0 Å². The van der Waals surface area contributed by atoms with Crippen LogP contribution in [0, 0.1) is 0 Å². The Morgan fingerprint density at radius 3 is 3.10 bits per heavy atom. The van der Waals surface area contributed by atoms with Crippen LogP contribution < -0.4 is 10.1 Å². The summed E-state index contributed by atoms with van der Waals surface area (Å²) in [6, 6.07) is 5.67. The number of fused-ring (bicyclic) bond motifs is 1. The van der Waals surface area contributed by atoms with Crippen LogP contribution >= 0.6 is 11.6 Å². The Morgan fingerprint density at radius 1 is 1.33 bits per heavy atom. The number of benzene rings is 1. The van der Waals surface area contributed by atoms with Crippen molar-refractivity contribution in [1.82, 2.24) is 20.1 Å². The first kappa shape index (κ1) is 14.4. The Balaban J connectivity index is 1.74. The summed E-state index contributed by atoms with van der Waals surface area (Å²) in [5.41, 5.74) is 1.04. The topological polar surface area (TPSA) is 52.0 Å². The minimum absolute atomic E-state index is 0.436. The summed E-state index contributed by atoms with van der Waals surface area (Å²) in [4.78, 5) is 0. The molecule has 1 aliphatic rings. The maximum Gasteiger partial charge on any atom is 0.171 e. The van der Waals surface area contributed by atoms with E-state index in [0.717, 1.165) is 35.9 Å². The van der Waals surface area contributed by atoms with Crippen LogP contribution in [-0.4, -0.2) is 21.8 Å². The monoisotopic (exact) mass is 306 g/mol. The standard InChI is InChI=1S/C15H19ClN4O/c1-17-9-11-8-12(16)5-6-13(11)21-10-15-19-18-14-4-2-3-7-20(14)15/h5-6,8,17H,2-4,7,9-10H2,1H3. The Hall–Kier alpha value is -1.59. The van der Waals surface area contributed by atoms with Gasteiger partial charge < -0.3 is 14.6 Å².